The van der Waals surface area contributed by atoms with Gasteiger partial charge >= 0.3 is 7.12 Å². The largest absolute Gasteiger partial charge is 0.516 e. The lowest BCUT2D eigenvalue weighted by Gasteiger charge is -2.32. The zero-order chi connectivity index (χ0) is 14.5. The molecule has 0 radical (unpaired) electrons. The van der Waals surface area contributed by atoms with Gasteiger partial charge in [0, 0.05) is 0 Å². The molecule has 2 rings (SSSR count). The zero-order valence-corrected chi connectivity index (χ0v) is 12.9. The van der Waals surface area contributed by atoms with E-state index in [9.17, 15) is 0 Å². The normalized spacial score (nSPS) is 21.7. The van der Waals surface area contributed by atoms with E-state index in [0.717, 1.165) is 5.59 Å². The highest BCUT2D eigenvalue weighted by molar-refractivity contribution is 6.61. The number of aromatic nitrogens is 2. The van der Waals surface area contributed by atoms with Crippen molar-refractivity contribution in [2.24, 2.45) is 0 Å². The molecule has 106 valence electrons. The maximum Gasteiger partial charge on any atom is 0.516 e. The Morgan fingerprint density at radius 2 is 1.68 bits per heavy atom. The van der Waals surface area contributed by atoms with Gasteiger partial charge in [-0.05, 0) is 54.5 Å². The van der Waals surface area contributed by atoms with E-state index in [1.54, 1.807) is 6.20 Å². The van der Waals surface area contributed by atoms with Gasteiger partial charge in [0.05, 0.1) is 23.0 Å². The van der Waals surface area contributed by atoms with E-state index in [1.165, 1.54) is 4.85 Å². The third-order valence-electron chi connectivity index (χ3n) is 3.45. The minimum absolute atomic E-state index is 0.292. The fourth-order valence-electron chi connectivity index (χ4n) is 1.74. The zero-order valence-electron chi connectivity index (χ0n) is 12.9. The second-order valence-electron chi connectivity index (χ2n) is 6.94. The van der Waals surface area contributed by atoms with Crippen molar-refractivity contribution in [1.82, 2.24) is 9.94 Å². The number of hydrogen-bond donors (Lipinski definition) is 0. The van der Waals surface area contributed by atoms with Crippen molar-refractivity contribution < 1.29 is 14.1 Å². The average Bonchev–Trinajstić information content (AvgIpc) is 2.68. The molecule has 1 fully saturated rings. The first kappa shape index (κ1) is 14.4. The van der Waals surface area contributed by atoms with Crippen molar-refractivity contribution in [3.8, 4) is 0 Å². The molecule has 0 bridgehead atoms. The molecule has 0 saturated carbocycles. The summed E-state index contributed by atoms with van der Waals surface area (Å²) in [6, 6.07) is 1.86. The summed E-state index contributed by atoms with van der Waals surface area (Å²) >= 11 is 0. The van der Waals surface area contributed by atoms with Crippen molar-refractivity contribution in [1.29, 1.82) is 0 Å². The van der Waals surface area contributed by atoms with Crippen molar-refractivity contribution in [2.45, 2.75) is 65.3 Å². The smallest absolute Gasteiger partial charge is 0.398 e. The minimum atomic E-state index is -0.449. The third kappa shape index (κ3) is 2.95. The van der Waals surface area contributed by atoms with Crippen LogP contribution < -0.4 is 10.4 Å². The van der Waals surface area contributed by atoms with E-state index in [1.807, 2.05) is 54.5 Å². The van der Waals surface area contributed by atoms with Gasteiger partial charge < -0.3 is 14.1 Å². The fourth-order valence-corrected chi connectivity index (χ4v) is 1.74. The topological polar surface area (TPSA) is 45.5 Å². The molecule has 0 spiro atoms. The van der Waals surface area contributed by atoms with Crippen LogP contribution in [0.3, 0.4) is 0 Å². The van der Waals surface area contributed by atoms with Gasteiger partial charge in [-0.2, -0.15) is 0 Å². The van der Waals surface area contributed by atoms with Gasteiger partial charge in [0.15, 0.2) is 0 Å². The summed E-state index contributed by atoms with van der Waals surface area (Å²) in [5.74, 6) is 0. The monoisotopic (exact) mass is 266 g/mol. The maximum absolute atomic E-state index is 5.94. The second-order valence-corrected chi connectivity index (χ2v) is 6.94. The molecule has 1 aromatic heterocycles. The first-order valence-electron chi connectivity index (χ1n) is 6.61. The van der Waals surface area contributed by atoms with Gasteiger partial charge in [-0.15, -0.1) is 9.94 Å². The summed E-state index contributed by atoms with van der Waals surface area (Å²) in [4.78, 5) is 7.10. The molecule has 1 saturated heterocycles. The highest BCUT2D eigenvalue weighted by Crippen LogP contribution is 2.36. The van der Waals surface area contributed by atoms with Gasteiger partial charge in [-0.25, -0.2) is 0 Å². The third-order valence-corrected chi connectivity index (χ3v) is 3.45. The predicted molar refractivity (Wildman–Crippen MR) is 74.3 cm³/mol. The van der Waals surface area contributed by atoms with Crippen LogP contribution in [0.5, 0.6) is 0 Å². The Balaban J connectivity index is 2.13. The van der Waals surface area contributed by atoms with E-state index in [2.05, 4.69) is 5.10 Å². The van der Waals surface area contributed by atoms with Crippen molar-refractivity contribution >= 4 is 12.7 Å². The molecule has 19 heavy (non-hydrogen) atoms. The van der Waals surface area contributed by atoms with E-state index in [4.69, 9.17) is 14.1 Å². The molecule has 0 unspecified atom stereocenters. The predicted octanol–water partition coefficient (Wildman–Crippen LogP) is 1.41. The van der Waals surface area contributed by atoms with Gasteiger partial charge in [-0.3, -0.25) is 0 Å². The molecule has 1 aromatic rings. The molecule has 0 amide bonds. The van der Waals surface area contributed by atoms with Crippen LogP contribution in [0.2, 0.25) is 0 Å². The second kappa shape index (κ2) is 4.25. The van der Waals surface area contributed by atoms with Crippen LogP contribution in [0.25, 0.3) is 0 Å². The quantitative estimate of drug-likeness (QED) is 0.759. The minimum Gasteiger partial charge on any atom is -0.398 e. The summed E-state index contributed by atoms with van der Waals surface area (Å²) in [6.45, 7) is 14.0. The van der Waals surface area contributed by atoms with Crippen molar-refractivity contribution in [3.63, 3.8) is 0 Å². The molecule has 0 atom stereocenters. The van der Waals surface area contributed by atoms with E-state index in [0.29, 0.717) is 0 Å². The highest BCUT2D eigenvalue weighted by Gasteiger charge is 2.52. The molecule has 5 nitrogen and oxygen atoms in total. The first-order valence-corrected chi connectivity index (χ1v) is 6.61. The van der Waals surface area contributed by atoms with Gasteiger partial charge in [-0.1, -0.05) is 0 Å². The summed E-state index contributed by atoms with van der Waals surface area (Å²) in [6.07, 6.45) is 1.77. The molecular formula is C13H23BN2O3. The summed E-state index contributed by atoms with van der Waals surface area (Å²) in [5, 5.41) is 4.35. The van der Waals surface area contributed by atoms with E-state index >= 15 is 0 Å². The van der Waals surface area contributed by atoms with Crippen LogP contribution in [-0.4, -0.2) is 33.9 Å². The molecule has 2 heterocycles. The maximum atomic E-state index is 5.94. The van der Waals surface area contributed by atoms with Crippen molar-refractivity contribution in [3.05, 3.63) is 12.3 Å². The fraction of sp³-hybridized carbons (Fsp3) is 0.769. The molecule has 0 N–H and O–H groups in total. The standard InChI is InChI=1S/C13H23BN2O3/c1-11(2,3)19-16-9-8-10(15-16)14-17-12(4,5)13(6,7)18-14/h8-9H,1-7H3. The van der Waals surface area contributed by atoms with E-state index in [-0.39, 0.29) is 16.8 Å². The average molecular weight is 266 g/mol. The van der Waals surface area contributed by atoms with Crippen LogP contribution in [-0.2, 0) is 9.31 Å². The Labute approximate surface area is 115 Å². The Hall–Kier alpha value is -1.01. The molecule has 0 aromatic carbocycles. The van der Waals surface area contributed by atoms with Crippen LogP contribution in [0.4, 0.5) is 0 Å². The Kier molecular flexibility index (Phi) is 3.22. The first-order chi connectivity index (χ1) is 8.50. The number of nitrogens with zero attached hydrogens (tertiary/aromatic N) is 2. The van der Waals surface area contributed by atoms with Crippen LogP contribution in [0.1, 0.15) is 48.5 Å². The lowest BCUT2D eigenvalue weighted by atomic mass is 9.85. The lowest BCUT2D eigenvalue weighted by molar-refractivity contribution is -0.0331. The van der Waals surface area contributed by atoms with Gasteiger partial charge in [0.2, 0.25) is 0 Å². The SMILES string of the molecule is CC(C)(C)On1ccc(B2OC(C)(C)C(C)(C)O2)n1. The summed E-state index contributed by atoms with van der Waals surface area (Å²) < 4.78 is 11.9. The molecular weight excluding hydrogens is 243 g/mol. The molecule has 6 heteroatoms. The highest BCUT2D eigenvalue weighted by atomic mass is 16.7. The van der Waals surface area contributed by atoms with Gasteiger partial charge in [0.1, 0.15) is 5.60 Å². The Morgan fingerprint density at radius 1 is 1.16 bits per heavy atom. The summed E-state index contributed by atoms with van der Waals surface area (Å²) in [5.41, 5.74) is -0.277. The molecule has 0 aliphatic carbocycles. The van der Waals surface area contributed by atoms with Crippen LogP contribution in [0, 0.1) is 0 Å². The Bertz CT molecular complexity index is 447. The number of rotatable bonds is 2. The Morgan fingerprint density at radius 3 is 2.16 bits per heavy atom. The molecule has 1 aliphatic rings. The van der Waals surface area contributed by atoms with Crippen LogP contribution >= 0.6 is 0 Å². The van der Waals surface area contributed by atoms with Crippen molar-refractivity contribution in [2.75, 3.05) is 0 Å². The van der Waals surface area contributed by atoms with E-state index < -0.39 is 7.12 Å². The summed E-state index contributed by atoms with van der Waals surface area (Å²) in [7, 11) is -0.449. The lowest BCUT2D eigenvalue weighted by Crippen LogP contribution is -2.41. The number of hydrogen-bond acceptors (Lipinski definition) is 4. The van der Waals surface area contributed by atoms with Gasteiger partial charge in [0.25, 0.3) is 0 Å². The molecule has 1 aliphatic heterocycles. The van der Waals surface area contributed by atoms with Crippen LogP contribution in [0.15, 0.2) is 12.3 Å².